The second kappa shape index (κ2) is 8.10. The van der Waals surface area contributed by atoms with E-state index < -0.39 is 0 Å². The van der Waals surface area contributed by atoms with E-state index in [9.17, 15) is 4.79 Å². The van der Waals surface area contributed by atoms with Gasteiger partial charge in [-0.25, -0.2) is 9.67 Å². The summed E-state index contributed by atoms with van der Waals surface area (Å²) in [6.07, 6.45) is 2.40. The van der Waals surface area contributed by atoms with Gasteiger partial charge in [0.25, 0.3) is 5.56 Å². The Kier molecular flexibility index (Phi) is 5.00. The van der Waals surface area contributed by atoms with Crippen LogP contribution in [0.1, 0.15) is 17.7 Å². The SMILES string of the molecule is Cc1ccc(-c2nc(Cn3nc(-c4ccc5c(c4)OCCCO5)ccc3=O)co2)cc1. The summed E-state index contributed by atoms with van der Waals surface area (Å²) in [5, 5.41) is 4.53. The number of hydrogen-bond acceptors (Lipinski definition) is 6. The maximum absolute atomic E-state index is 12.4. The fraction of sp³-hybridized carbons (Fsp3) is 0.208. The van der Waals surface area contributed by atoms with Crippen molar-refractivity contribution in [2.45, 2.75) is 19.9 Å². The maximum Gasteiger partial charge on any atom is 0.267 e. The Morgan fingerprint density at radius 2 is 1.71 bits per heavy atom. The fourth-order valence-electron chi connectivity index (χ4n) is 3.40. The third-order valence-electron chi connectivity index (χ3n) is 5.07. The maximum atomic E-state index is 12.4. The van der Waals surface area contributed by atoms with E-state index >= 15 is 0 Å². The van der Waals surface area contributed by atoms with E-state index in [0.29, 0.717) is 36.2 Å². The number of hydrogen-bond donors (Lipinski definition) is 0. The predicted molar refractivity (Wildman–Crippen MR) is 115 cm³/mol. The van der Waals surface area contributed by atoms with Crippen LogP contribution in [0.25, 0.3) is 22.7 Å². The fourth-order valence-corrected chi connectivity index (χ4v) is 3.40. The van der Waals surface area contributed by atoms with E-state index in [2.05, 4.69) is 10.1 Å². The summed E-state index contributed by atoms with van der Waals surface area (Å²) in [5.41, 5.74) is 3.98. The topological polar surface area (TPSA) is 79.4 Å². The summed E-state index contributed by atoms with van der Waals surface area (Å²) >= 11 is 0. The third kappa shape index (κ3) is 4.07. The molecule has 1 aliphatic heterocycles. The second-order valence-corrected chi connectivity index (χ2v) is 7.44. The molecule has 5 rings (SSSR count). The molecule has 0 amide bonds. The van der Waals surface area contributed by atoms with E-state index in [1.165, 1.54) is 10.7 Å². The van der Waals surface area contributed by atoms with Gasteiger partial charge in [0.1, 0.15) is 12.0 Å². The molecule has 4 aromatic rings. The minimum atomic E-state index is -0.210. The molecule has 7 heteroatoms. The van der Waals surface area contributed by atoms with Crippen LogP contribution in [0.2, 0.25) is 0 Å². The van der Waals surface area contributed by atoms with Crippen LogP contribution < -0.4 is 15.0 Å². The summed E-state index contributed by atoms with van der Waals surface area (Å²) in [6.45, 7) is 3.49. The molecule has 0 saturated heterocycles. The van der Waals surface area contributed by atoms with Gasteiger partial charge in [0.15, 0.2) is 11.5 Å². The molecular formula is C24H21N3O4. The predicted octanol–water partition coefficient (Wildman–Crippen LogP) is 4.08. The van der Waals surface area contributed by atoms with Crippen LogP contribution >= 0.6 is 0 Å². The Hall–Kier alpha value is -3.87. The van der Waals surface area contributed by atoms with Crippen LogP contribution in [0.5, 0.6) is 11.5 Å². The zero-order valence-electron chi connectivity index (χ0n) is 17.1. The molecule has 2 aromatic heterocycles. The zero-order valence-corrected chi connectivity index (χ0v) is 17.1. The van der Waals surface area contributed by atoms with Crippen molar-refractivity contribution in [3.8, 4) is 34.2 Å². The first kappa shape index (κ1) is 19.1. The van der Waals surface area contributed by atoms with Gasteiger partial charge >= 0.3 is 0 Å². The highest BCUT2D eigenvalue weighted by Crippen LogP contribution is 2.33. The number of oxazole rings is 1. The summed E-state index contributed by atoms with van der Waals surface area (Å²) < 4.78 is 18.4. The molecule has 0 saturated carbocycles. The van der Waals surface area contributed by atoms with E-state index in [4.69, 9.17) is 13.9 Å². The van der Waals surface area contributed by atoms with E-state index in [1.54, 1.807) is 12.3 Å². The van der Waals surface area contributed by atoms with E-state index in [0.717, 1.165) is 28.9 Å². The molecule has 0 N–H and O–H groups in total. The lowest BCUT2D eigenvalue weighted by molar-refractivity contribution is 0.297. The van der Waals surface area contributed by atoms with Gasteiger partial charge < -0.3 is 13.9 Å². The van der Waals surface area contributed by atoms with E-state index in [-0.39, 0.29) is 12.1 Å². The third-order valence-corrected chi connectivity index (χ3v) is 5.07. The number of benzene rings is 2. The molecule has 3 heterocycles. The summed E-state index contributed by atoms with van der Waals surface area (Å²) in [5.74, 6) is 1.93. The quantitative estimate of drug-likeness (QED) is 0.500. The molecule has 0 radical (unpaired) electrons. The number of rotatable bonds is 4. The first-order valence-electron chi connectivity index (χ1n) is 10.2. The smallest absolute Gasteiger partial charge is 0.267 e. The van der Waals surface area contributed by atoms with Gasteiger partial charge in [-0.1, -0.05) is 17.7 Å². The van der Waals surface area contributed by atoms with E-state index in [1.807, 2.05) is 49.4 Å². The van der Waals surface area contributed by atoms with Gasteiger partial charge in [-0.2, -0.15) is 5.10 Å². The normalized spacial score (nSPS) is 13.1. The highest BCUT2D eigenvalue weighted by Gasteiger charge is 2.14. The average Bonchev–Trinajstić information content (AvgIpc) is 3.11. The first-order valence-corrected chi connectivity index (χ1v) is 10.2. The molecule has 2 aromatic carbocycles. The second-order valence-electron chi connectivity index (χ2n) is 7.44. The van der Waals surface area contributed by atoms with Crippen molar-refractivity contribution in [3.05, 3.63) is 82.5 Å². The van der Waals surface area contributed by atoms with Crippen molar-refractivity contribution in [3.63, 3.8) is 0 Å². The lowest BCUT2D eigenvalue weighted by atomic mass is 10.1. The van der Waals surface area contributed by atoms with Gasteiger partial charge in [0, 0.05) is 23.6 Å². The Morgan fingerprint density at radius 3 is 2.55 bits per heavy atom. The Morgan fingerprint density at radius 1 is 0.935 bits per heavy atom. The highest BCUT2D eigenvalue weighted by atomic mass is 16.5. The molecule has 31 heavy (non-hydrogen) atoms. The monoisotopic (exact) mass is 415 g/mol. The van der Waals surface area contributed by atoms with Gasteiger partial charge in [0.05, 0.1) is 25.5 Å². The van der Waals surface area contributed by atoms with Crippen LogP contribution in [0, 0.1) is 6.92 Å². The molecule has 0 bridgehead atoms. The number of aromatic nitrogens is 3. The van der Waals surface area contributed by atoms with Crippen LogP contribution in [-0.2, 0) is 6.54 Å². The first-order chi connectivity index (χ1) is 15.2. The number of fused-ring (bicyclic) bond motifs is 1. The van der Waals surface area contributed by atoms with Crippen molar-refractivity contribution < 1.29 is 13.9 Å². The summed E-state index contributed by atoms with van der Waals surface area (Å²) in [6, 6.07) is 16.8. The standard InChI is InChI=1S/C24H21N3O4/c1-16-3-5-17(6-4-16)24-25-19(15-31-24)14-27-23(28)10-8-20(26-27)18-7-9-21-22(13-18)30-12-2-11-29-21/h3-10,13,15H,2,11-12,14H2,1H3. The van der Waals surface area contributed by atoms with Gasteiger partial charge in [-0.15, -0.1) is 0 Å². The van der Waals surface area contributed by atoms with Crippen LogP contribution in [0.4, 0.5) is 0 Å². The molecule has 0 atom stereocenters. The summed E-state index contributed by atoms with van der Waals surface area (Å²) in [7, 11) is 0. The minimum absolute atomic E-state index is 0.210. The number of ether oxygens (including phenoxy) is 2. The average molecular weight is 415 g/mol. The van der Waals surface area contributed by atoms with Gasteiger partial charge in [-0.05, 0) is 43.3 Å². The van der Waals surface area contributed by atoms with Gasteiger partial charge in [-0.3, -0.25) is 4.79 Å². The Labute approximate surface area is 178 Å². The molecule has 0 unspecified atom stereocenters. The molecule has 7 nitrogen and oxygen atoms in total. The summed E-state index contributed by atoms with van der Waals surface area (Å²) in [4.78, 5) is 16.9. The Balaban J connectivity index is 1.41. The minimum Gasteiger partial charge on any atom is -0.490 e. The molecule has 0 spiro atoms. The largest absolute Gasteiger partial charge is 0.490 e. The molecule has 0 fully saturated rings. The van der Waals surface area contributed by atoms with Crippen molar-refractivity contribution in [1.29, 1.82) is 0 Å². The van der Waals surface area contributed by atoms with Gasteiger partial charge in [0.2, 0.25) is 5.89 Å². The molecule has 0 aliphatic carbocycles. The van der Waals surface area contributed by atoms with Crippen LogP contribution in [0.3, 0.4) is 0 Å². The zero-order chi connectivity index (χ0) is 21.2. The van der Waals surface area contributed by atoms with Crippen molar-refractivity contribution >= 4 is 0 Å². The number of aryl methyl sites for hydroxylation is 1. The molecular weight excluding hydrogens is 394 g/mol. The van der Waals surface area contributed by atoms with Crippen molar-refractivity contribution in [1.82, 2.24) is 14.8 Å². The number of nitrogens with zero attached hydrogens (tertiary/aromatic N) is 3. The molecule has 1 aliphatic rings. The van der Waals surface area contributed by atoms with Crippen LogP contribution in [0.15, 0.2) is 70.1 Å². The Bertz CT molecular complexity index is 1270. The lowest BCUT2D eigenvalue weighted by Crippen LogP contribution is -2.23. The van der Waals surface area contributed by atoms with Crippen molar-refractivity contribution in [2.24, 2.45) is 0 Å². The lowest BCUT2D eigenvalue weighted by Gasteiger charge is -2.10. The molecule has 156 valence electrons. The van der Waals surface area contributed by atoms with Crippen molar-refractivity contribution in [2.75, 3.05) is 13.2 Å². The van der Waals surface area contributed by atoms with Crippen LogP contribution in [-0.4, -0.2) is 28.0 Å². The highest BCUT2D eigenvalue weighted by molar-refractivity contribution is 5.63.